The van der Waals surface area contributed by atoms with Crippen molar-refractivity contribution in [3.8, 4) is 0 Å². The van der Waals surface area contributed by atoms with Crippen molar-refractivity contribution in [2.45, 2.75) is 31.8 Å². The second-order valence-electron chi connectivity index (χ2n) is 4.18. The number of rotatable bonds is 4. The van der Waals surface area contributed by atoms with Crippen LogP contribution in [0.4, 0.5) is 0 Å². The zero-order valence-electron chi connectivity index (χ0n) is 9.24. The van der Waals surface area contributed by atoms with Crippen LogP contribution in [-0.4, -0.2) is 50.6 Å². The fourth-order valence-electron chi connectivity index (χ4n) is 1.81. The molecule has 1 saturated heterocycles. The molecule has 2 atom stereocenters. The summed E-state index contributed by atoms with van der Waals surface area (Å²) in [5, 5.41) is 0. The summed E-state index contributed by atoms with van der Waals surface area (Å²) in [5.74, 6) is 0.160. The van der Waals surface area contributed by atoms with Crippen LogP contribution in [0.15, 0.2) is 0 Å². The lowest BCUT2D eigenvalue weighted by Gasteiger charge is -2.35. The maximum absolute atomic E-state index is 11.5. The third-order valence-electron chi connectivity index (χ3n) is 2.90. The second kappa shape index (κ2) is 5.48. The van der Waals surface area contributed by atoms with Gasteiger partial charge < -0.3 is 4.90 Å². The van der Waals surface area contributed by atoms with E-state index in [1.54, 1.807) is 0 Å². The molecule has 1 fully saturated rings. The van der Waals surface area contributed by atoms with Crippen LogP contribution in [-0.2, 0) is 10.0 Å². The quantitative estimate of drug-likeness (QED) is 0.749. The van der Waals surface area contributed by atoms with Gasteiger partial charge in [-0.25, -0.2) is 13.1 Å². The van der Waals surface area contributed by atoms with Gasteiger partial charge in [-0.15, -0.1) is 11.6 Å². The van der Waals surface area contributed by atoms with Gasteiger partial charge in [-0.1, -0.05) is 0 Å². The highest BCUT2D eigenvalue weighted by atomic mass is 35.5. The van der Waals surface area contributed by atoms with E-state index in [-0.39, 0.29) is 17.7 Å². The highest BCUT2D eigenvalue weighted by Crippen LogP contribution is 2.15. The van der Waals surface area contributed by atoms with E-state index in [1.165, 1.54) is 0 Å². The normalized spacial score (nSPS) is 29.3. The first-order chi connectivity index (χ1) is 6.94. The Bertz CT molecular complexity index is 294. The van der Waals surface area contributed by atoms with Gasteiger partial charge in [0.2, 0.25) is 10.0 Å². The molecule has 0 aromatic carbocycles. The van der Waals surface area contributed by atoms with Crippen molar-refractivity contribution >= 4 is 21.6 Å². The maximum atomic E-state index is 11.5. The van der Waals surface area contributed by atoms with Gasteiger partial charge in [0.05, 0.1) is 5.75 Å². The second-order valence-corrected chi connectivity index (χ2v) is 6.43. The van der Waals surface area contributed by atoms with Crippen molar-refractivity contribution in [1.29, 1.82) is 0 Å². The van der Waals surface area contributed by atoms with Crippen molar-refractivity contribution < 1.29 is 8.42 Å². The van der Waals surface area contributed by atoms with Crippen LogP contribution in [0, 0.1) is 0 Å². The molecule has 2 unspecified atom stereocenters. The number of nitrogens with one attached hydrogen (secondary N) is 1. The summed E-state index contributed by atoms with van der Waals surface area (Å²) in [7, 11) is -1.11. The molecule has 15 heavy (non-hydrogen) atoms. The van der Waals surface area contributed by atoms with Gasteiger partial charge in [-0.2, -0.15) is 0 Å². The van der Waals surface area contributed by atoms with Gasteiger partial charge in [-0.05, 0) is 33.4 Å². The Balaban J connectivity index is 2.46. The van der Waals surface area contributed by atoms with Gasteiger partial charge in [-0.3, -0.25) is 0 Å². The standard InChI is InChI=1S/C9H19ClN2O2S/c1-8-7-9(3-5-12(8)2)11-15(13,14)6-4-10/h8-9,11H,3-7H2,1-2H3. The number of hydrogen-bond donors (Lipinski definition) is 1. The van der Waals surface area contributed by atoms with E-state index in [0.717, 1.165) is 19.4 Å². The minimum absolute atomic E-state index is 0.00920. The Morgan fingerprint density at radius 2 is 2.20 bits per heavy atom. The molecule has 4 nitrogen and oxygen atoms in total. The van der Waals surface area contributed by atoms with E-state index in [9.17, 15) is 8.42 Å². The van der Waals surface area contributed by atoms with Crippen LogP contribution in [0.25, 0.3) is 0 Å². The molecule has 0 saturated carbocycles. The minimum atomic E-state index is -3.17. The molecule has 1 rings (SSSR count). The first-order valence-electron chi connectivity index (χ1n) is 5.21. The summed E-state index contributed by atoms with van der Waals surface area (Å²) in [5.41, 5.74) is 0. The van der Waals surface area contributed by atoms with Gasteiger partial charge in [0.25, 0.3) is 0 Å². The molecule has 1 heterocycles. The van der Waals surface area contributed by atoms with Crippen molar-refractivity contribution in [2.75, 3.05) is 25.2 Å². The summed E-state index contributed by atoms with van der Waals surface area (Å²) in [6.45, 7) is 3.05. The van der Waals surface area contributed by atoms with Gasteiger partial charge in [0.1, 0.15) is 0 Å². The zero-order chi connectivity index (χ0) is 11.5. The Morgan fingerprint density at radius 3 is 2.73 bits per heavy atom. The molecule has 0 aliphatic carbocycles. The van der Waals surface area contributed by atoms with E-state index in [4.69, 9.17) is 11.6 Å². The number of piperidine rings is 1. The third kappa shape index (κ3) is 4.26. The van der Waals surface area contributed by atoms with E-state index in [1.807, 2.05) is 0 Å². The Kier molecular flexibility index (Phi) is 4.83. The first kappa shape index (κ1) is 13.2. The van der Waals surface area contributed by atoms with Gasteiger partial charge >= 0.3 is 0 Å². The molecule has 6 heteroatoms. The smallest absolute Gasteiger partial charge is 0.213 e. The number of nitrogens with zero attached hydrogens (tertiary/aromatic N) is 1. The number of likely N-dealkylation sites (tertiary alicyclic amines) is 1. The first-order valence-corrected chi connectivity index (χ1v) is 7.39. The predicted octanol–water partition coefficient (Wildman–Crippen LogP) is 0.627. The average Bonchev–Trinajstić information content (AvgIpc) is 2.10. The molecule has 0 spiro atoms. The molecule has 0 aromatic rings. The largest absolute Gasteiger partial charge is 0.304 e. The Hall–Kier alpha value is 0.160. The average molecular weight is 255 g/mol. The summed E-state index contributed by atoms with van der Waals surface area (Å²) in [4.78, 5) is 2.24. The zero-order valence-corrected chi connectivity index (χ0v) is 10.8. The molecule has 1 aliphatic heterocycles. The lowest BCUT2D eigenvalue weighted by Crippen LogP contribution is -2.47. The Morgan fingerprint density at radius 1 is 1.53 bits per heavy atom. The Labute approximate surface area is 97.0 Å². The molecule has 0 radical (unpaired) electrons. The number of hydrogen-bond acceptors (Lipinski definition) is 3. The van der Waals surface area contributed by atoms with Crippen LogP contribution in [0.2, 0.25) is 0 Å². The molecular formula is C9H19ClN2O2S. The summed E-state index contributed by atoms with van der Waals surface area (Å²) in [6, 6.07) is 0.506. The van der Waals surface area contributed by atoms with Crippen molar-refractivity contribution in [2.24, 2.45) is 0 Å². The highest BCUT2D eigenvalue weighted by Gasteiger charge is 2.25. The van der Waals surface area contributed by atoms with E-state index < -0.39 is 10.0 Å². The molecule has 1 N–H and O–H groups in total. The fourth-order valence-corrected chi connectivity index (χ4v) is 3.46. The minimum Gasteiger partial charge on any atom is -0.304 e. The van der Waals surface area contributed by atoms with E-state index in [2.05, 4.69) is 23.6 Å². The number of alkyl halides is 1. The molecular weight excluding hydrogens is 236 g/mol. The lowest BCUT2D eigenvalue weighted by atomic mass is 10.0. The highest BCUT2D eigenvalue weighted by molar-refractivity contribution is 7.89. The lowest BCUT2D eigenvalue weighted by molar-refractivity contribution is 0.178. The molecule has 0 amide bonds. The van der Waals surface area contributed by atoms with Gasteiger partial charge in [0.15, 0.2) is 0 Å². The van der Waals surface area contributed by atoms with Crippen LogP contribution in [0.5, 0.6) is 0 Å². The molecule has 90 valence electrons. The predicted molar refractivity (Wildman–Crippen MR) is 62.8 cm³/mol. The number of sulfonamides is 1. The third-order valence-corrected chi connectivity index (χ3v) is 4.75. The van der Waals surface area contributed by atoms with Crippen molar-refractivity contribution in [3.05, 3.63) is 0 Å². The molecule has 1 aliphatic rings. The SMILES string of the molecule is CC1CC(NS(=O)(=O)CCCl)CCN1C. The molecule has 0 aromatic heterocycles. The van der Waals surface area contributed by atoms with Crippen LogP contribution >= 0.6 is 11.6 Å². The maximum Gasteiger partial charge on any atom is 0.213 e. The van der Waals surface area contributed by atoms with E-state index in [0.29, 0.717) is 6.04 Å². The molecule has 0 bridgehead atoms. The topological polar surface area (TPSA) is 49.4 Å². The fraction of sp³-hybridized carbons (Fsp3) is 1.00. The van der Waals surface area contributed by atoms with Crippen molar-refractivity contribution in [3.63, 3.8) is 0 Å². The number of halogens is 1. The summed E-state index contributed by atoms with van der Waals surface area (Å²) >= 11 is 5.43. The summed E-state index contributed by atoms with van der Waals surface area (Å²) < 4.78 is 25.7. The van der Waals surface area contributed by atoms with Crippen LogP contribution in [0.1, 0.15) is 19.8 Å². The van der Waals surface area contributed by atoms with E-state index >= 15 is 0 Å². The monoisotopic (exact) mass is 254 g/mol. The van der Waals surface area contributed by atoms with Crippen LogP contribution < -0.4 is 4.72 Å². The van der Waals surface area contributed by atoms with Crippen molar-refractivity contribution in [1.82, 2.24) is 9.62 Å². The van der Waals surface area contributed by atoms with Gasteiger partial charge in [0, 0.05) is 18.0 Å². The van der Waals surface area contributed by atoms with Crippen LogP contribution in [0.3, 0.4) is 0 Å². The summed E-state index contributed by atoms with van der Waals surface area (Å²) in [6.07, 6.45) is 1.75.